The maximum atomic E-state index is 12.9. The summed E-state index contributed by atoms with van der Waals surface area (Å²) in [7, 11) is 3.01. The van der Waals surface area contributed by atoms with Crippen molar-refractivity contribution in [2.75, 3.05) is 46.9 Å². The van der Waals surface area contributed by atoms with Crippen LogP contribution >= 0.6 is 11.6 Å². The first-order valence-corrected chi connectivity index (χ1v) is 12.5. The summed E-state index contributed by atoms with van der Waals surface area (Å²) in [6.45, 7) is 3.74. The van der Waals surface area contributed by atoms with Gasteiger partial charge in [-0.2, -0.15) is 0 Å². The van der Waals surface area contributed by atoms with Gasteiger partial charge in [0.05, 0.1) is 43.1 Å². The number of halogens is 1. The fourth-order valence-electron chi connectivity index (χ4n) is 4.32. The number of ether oxygens (including phenoxy) is 3. The number of rotatable bonds is 9. The van der Waals surface area contributed by atoms with E-state index in [4.69, 9.17) is 25.8 Å². The minimum Gasteiger partial charge on any atom is -0.497 e. The Hall–Kier alpha value is -3.39. The largest absolute Gasteiger partial charge is 0.497 e. The van der Waals surface area contributed by atoms with Crippen molar-refractivity contribution in [3.05, 3.63) is 100 Å². The molecular formula is C29H31ClN2O5. The summed E-state index contributed by atoms with van der Waals surface area (Å²) in [6.07, 6.45) is -0.207. The standard InChI is InChI=1S/C29H31ClN2O5/c1-35-24-7-5-6-23(18-24)27(37-20-21-10-12-22(13-11-21)29(34)36-2)19-31-14-16-32(17-15-31)28(33)25-8-3-4-9-26(25)30/h3-13,18,27H,14-17,19-20H2,1-2H3/t27-/m0/s1. The molecule has 3 aromatic carbocycles. The second kappa shape index (κ2) is 12.7. The molecule has 0 N–H and O–H groups in total. The molecule has 4 rings (SSSR count). The molecule has 1 atom stereocenters. The number of esters is 1. The van der Waals surface area contributed by atoms with Gasteiger partial charge in [-0.25, -0.2) is 4.79 Å². The molecule has 8 heteroatoms. The second-order valence-electron chi connectivity index (χ2n) is 8.84. The molecule has 0 unspecified atom stereocenters. The molecule has 0 radical (unpaired) electrons. The van der Waals surface area contributed by atoms with Crippen LogP contribution in [-0.4, -0.2) is 68.6 Å². The monoisotopic (exact) mass is 522 g/mol. The lowest BCUT2D eigenvalue weighted by Crippen LogP contribution is -2.49. The van der Waals surface area contributed by atoms with Gasteiger partial charge in [-0.15, -0.1) is 0 Å². The number of carbonyl (C=O) groups is 2. The number of piperazine rings is 1. The van der Waals surface area contributed by atoms with Gasteiger partial charge in [-0.3, -0.25) is 9.69 Å². The van der Waals surface area contributed by atoms with Crippen LogP contribution in [0.5, 0.6) is 5.75 Å². The van der Waals surface area contributed by atoms with Gasteiger partial charge in [0.25, 0.3) is 5.91 Å². The van der Waals surface area contributed by atoms with E-state index in [1.807, 2.05) is 53.4 Å². The summed E-state index contributed by atoms with van der Waals surface area (Å²) in [4.78, 5) is 28.8. The molecule has 0 bridgehead atoms. The lowest BCUT2D eigenvalue weighted by molar-refractivity contribution is 0.00332. The first-order valence-electron chi connectivity index (χ1n) is 12.2. The first kappa shape index (κ1) is 26.7. The van der Waals surface area contributed by atoms with Gasteiger partial charge >= 0.3 is 5.97 Å². The Balaban J connectivity index is 1.41. The van der Waals surface area contributed by atoms with Crippen LogP contribution in [0.1, 0.15) is 37.9 Å². The SMILES string of the molecule is COC(=O)c1ccc(CO[C@@H](CN2CCN(C(=O)c3ccccc3Cl)CC2)c2cccc(OC)c2)cc1. The molecule has 7 nitrogen and oxygen atoms in total. The quantitative estimate of drug-likeness (QED) is 0.374. The molecule has 0 aliphatic carbocycles. The molecule has 1 aliphatic rings. The van der Waals surface area contributed by atoms with E-state index < -0.39 is 0 Å². The predicted molar refractivity (Wildman–Crippen MR) is 142 cm³/mol. The van der Waals surface area contributed by atoms with Crippen LogP contribution in [0.4, 0.5) is 0 Å². The molecule has 1 heterocycles. The van der Waals surface area contributed by atoms with Gasteiger partial charge in [-0.1, -0.05) is 48.0 Å². The number of benzene rings is 3. The molecule has 3 aromatic rings. The van der Waals surface area contributed by atoms with Gasteiger partial charge in [0.15, 0.2) is 0 Å². The average molecular weight is 523 g/mol. The van der Waals surface area contributed by atoms with E-state index in [1.165, 1.54) is 7.11 Å². The maximum absolute atomic E-state index is 12.9. The zero-order valence-corrected chi connectivity index (χ0v) is 21.8. The number of nitrogens with zero attached hydrogens (tertiary/aromatic N) is 2. The minimum absolute atomic E-state index is 0.0405. The third kappa shape index (κ3) is 6.89. The van der Waals surface area contributed by atoms with Crippen LogP contribution in [-0.2, 0) is 16.1 Å². The Labute approximate surface area is 222 Å². The third-order valence-electron chi connectivity index (χ3n) is 6.48. The highest BCUT2D eigenvalue weighted by atomic mass is 35.5. The van der Waals surface area contributed by atoms with Crippen LogP contribution in [0.2, 0.25) is 5.02 Å². The second-order valence-corrected chi connectivity index (χ2v) is 9.24. The first-order chi connectivity index (χ1) is 18.0. The average Bonchev–Trinajstić information content (AvgIpc) is 2.95. The lowest BCUT2D eigenvalue weighted by atomic mass is 10.1. The molecule has 0 aromatic heterocycles. The van der Waals surface area contributed by atoms with Crippen molar-refractivity contribution in [3.8, 4) is 5.75 Å². The Bertz CT molecular complexity index is 1210. The number of hydrogen-bond donors (Lipinski definition) is 0. The number of amides is 1. The van der Waals surface area contributed by atoms with E-state index in [-0.39, 0.29) is 18.0 Å². The highest BCUT2D eigenvalue weighted by molar-refractivity contribution is 6.33. The van der Waals surface area contributed by atoms with Gasteiger partial charge in [-0.05, 0) is 47.5 Å². The van der Waals surface area contributed by atoms with E-state index in [1.54, 1.807) is 31.4 Å². The van der Waals surface area contributed by atoms with Crippen molar-refractivity contribution in [1.29, 1.82) is 0 Å². The fraction of sp³-hybridized carbons (Fsp3) is 0.310. The minimum atomic E-state index is -0.367. The zero-order valence-electron chi connectivity index (χ0n) is 21.1. The molecule has 1 saturated heterocycles. The van der Waals surface area contributed by atoms with E-state index in [2.05, 4.69) is 4.90 Å². The molecule has 1 fully saturated rings. The molecule has 0 spiro atoms. The molecule has 1 amide bonds. The molecule has 37 heavy (non-hydrogen) atoms. The van der Waals surface area contributed by atoms with Crippen molar-refractivity contribution in [2.24, 2.45) is 0 Å². The zero-order chi connectivity index (χ0) is 26.2. The van der Waals surface area contributed by atoms with Crippen LogP contribution in [0, 0.1) is 0 Å². The number of hydrogen-bond acceptors (Lipinski definition) is 6. The van der Waals surface area contributed by atoms with Crippen LogP contribution < -0.4 is 4.74 Å². The summed E-state index contributed by atoms with van der Waals surface area (Å²) in [5.74, 6) is 0.360. The van der Waals surface area contributed by atoms with Gasteiger partial charge in [0.2, 0.25) is 0 Å². The highest BCUT2D eigenvalue weighted by Crippen LogP contribution is 2.26. The normalized spacial score (nSPS) is 14.7. The summed E-state index contributed by atoms with van der Waals surface area (Å²) in [6, 6.07) is 22.2. The molecule has 1 aliphatic heterocycles. The Morgan fingerprint density at radius 3 is 2.32 bits per heavy atom. The summed E-state index contributed by atoms with van der Waals surface area (Å²) in [5, 5.41) is 0.473. The fourth-order valence-corrected chi connectivity index (χ4v) is 4.54. The Morgan fingerprint density at radius 2 is 1.65 bits per heavy atom. The predicted octanol–water partition coefficient (Wildman–Crippen LogP) is 4.85. The van der Waals surface area contributed by atoms with Gasteiger partial charge in [0.1, 0.15) is 5.75 Å². The lowest BCUT2D eigenvalue weighted by Gasteiger charge is -2.36. The van der Waals surface area contributed by atoms with Crippen LogP contribution in [0.25, 0.3) is 0 Å². The summed E-state index contributed by atoms with van der Waals surface area (Å²) < 4.78 is 16.6. The van der Waals surface area contributed by atoms with Crippen molar-refractivity contribution in [3.63, 3.8) is 0 Å². The van der Waals surface area contributed by atoms with Crippen LogP contribution in [0.15, 0.2) is 72.8 Å². The Morgan fingerprint density at radius 1 is 0.919 bits per heavy atom. The maximum Gasteiger partial charge on any atom is 0.337 e. The van der Waals surface area contributed by atoms with E-state index in [9.17, 15) is 9.59 Å². The van der Waals surface area contributed by atoms with E-state index >= 15 is 0 Å². The van der Waals surface area contributed by atoms with E-state index in [0.29, 0.717) is 42.4 Å². The van der Waals surface area contributed by atoms with Gasteiger partial charge < -0.3 is 19.1 Å². The van der Waals surface area contributed by atoms with Crippen molar-refractivity contribution < 1.29 is 23.8 Å². The number of methoxy groups -OCH3 is 2. The molecule has 0 saturated carbocycles. The number of carbonyl (C=O) groups excluding carboxylic acids is 2. The summed E-state index contributed by atoms with van der Waals surface area (Å²) in [5.41, 5.74) is 3.00. The summed E-state index contributed by atoms with van der Waals surface area (Å²) >= 11 is 6.24. The third-order valence-corrected chi connectivity index (χ3v) is 6.81. The molecular weight excluding hydrogens is 492 g/mol. The van der Waals surface area contributed by atoms with Crippen molar-refractivity contribution >= 4 is 23.5 Å². The topological polar surface area (TPSA) is 68.3 Å². The Kier molecular flexibility index (Phi) is 9.17. The van der Waals surface area contributed by atoms with Crippen molar-refractivity contribution in [1.82, 2.24) is 9.80 Å². The van der Waals surface area contributed by atoms with Crippen LogP contribution in [0.3, 0.4) is 0 Å². The van der Waals surface area contributed by atoms with Gasteiger partial charge in [0, 0.05) is 32.7 Å². The smallest absolute Gasteiger partial charge is 0.337 e. The van der Waals surface area contributed by atoms with E-state index in [0.717, 1.165) is 30.0 Å². The van der Waals surface area contributed by atoms with Crippen molar-refractivity contribution in [2.45, 2.75) is 12.7 Å². The highest BCUT2D eigenvalue weighted by Gasteiger charge is 2.26. The molecule has 194 valence electrons.